The first kappa shape index (κ1) is 12.9. The van der Waals surface area contributed by atoms with Gasteiger partial charge in [-0.3, -0.25) is 0 Å². The van der Waals surface area contributed by atoms with E-state index in [2.05, 4.69) is 0 Å². The molecule has 16 heavy (non-hydrogen) atoms. The highest BCUT2D eigenvalue weighted by Gasteiger charge is 2.54. The highest BCUT2D eigenvalue weighted by molar-refractivity contribution is 5.24. The molecule has 0 saturated heterocycles. The molecule has 0 spiro atoms. The van der Waals surface area contributed by atoms with Crippen molar-refractivity contribution in [3.63, 3.8) is 0 Å². The molecule has 0 fully saturated rings. The van der Waals surface area contributed by atoms with Crippen LogP contribution in [0.3, 0.4) is 0 Å². The molecule has 1 aromatic carbocycles. The van der Waals surface area contributed by atoms with Crippen LogP contribution in [-0.4, -0.2) is 17.8 Å². The van der Waals surface area contributed by atoms with Gasteiger partial charge in [-0.25, -0.2) is 4.39 Å². The molecule has 1 unspecified atom stereocenters. The van der Waals surface area contributed by atoms with Crippen LogP contribution < -0.4 is 5.73 Å². The molecule has 90 valence electrons. The molecule has 1 atom stereocenters. The predicted octanol–water partition coefficient (Wildman–Crippen LogP) is 1.92. The molecule has 0 radical (unpaired) electrons. The van der Waals surface area contributed by atoms with Crippen molar-refractivity contribution in [2.45, 2.75) is 18.2 Å². The largest absolute Gasteiger partial charge is 0.421 e. The molecule has 0 saturated carbocycles. The fourth-order valence-electron chi connectivity index (χ4n) is 1.38. The van der Waals surface area contributed by atoms with E-state index < -0.39 is 29.6 Å². The van der Waals surface area contributed by atoms with Gasteiger partial charge >= 0.3 is 6.18 Å². The standard InChI is InChI=1S/C10H11F4NO/c11-8-3-1-7(2-4-8)9(16,5-6-15)10(12,13)14/h1-4,16H,5-6,15H2. The van der Waals surface area contributed by atoms with E-state index in [0.717, 1.165) is 24.3 Å². The second kappa shape index (κ2) is 4.39. The minimum absolute atomic E-state index is 0.326. The van der Waals surface area contributed by atoms with E-state index in [4.69, 9.17) is 5.73 Å². The topological polar surface area (TPSA) is 46.2 Å². The van der Waals surface area contributed by atoms with Crippen molar-refractivity contribution in [3.8, 4) is 0 Å². The van der Waals surface area contributed by atoms with Gasteiger partial charge < -0.3 is 10.8 Å². The molecule has 0 aromatic heterocycles. The van der Waals surface area contributed by atoms with E-state index in [1.165, 1.54) is 0 Å². The van der Waals surface area contributed by atoms with Gasteiger partial charge in [0.2, 0.25) is 0 Å². The number of rotatable bonds is 3. The van der Waals surface area contributed by atoms with Crippen molar-refractivity contribution >= 4 is 0 Å². The molecule has 1 aromatic rings. The van der Waals surface area contributed by atoms with E-state index in [1.807, 2.05) is 0 Å². The zero-order valence-electron chi connectivity index (χ0n) is 8.26. The fourth-order valence-corrected chi connectivity index (χ4v) is 1.38. The lowest BCUT2D eigenvalue weighted by Crippen LogP contribution is -2.43. The summed E-state index contributed by atoms with van der Waals surface area (Å²) in [5.41, 5.74) is 1.62. The Morgan fingerprint density at radius 3 is 2.00 bits per heavy atom. The van der Waals surface area contributed by atoms with Crippen molar-refractivity contribution < 1.29 is 22.7 Å². The molecule has 0 aliphatic rings. The van der Waals surface area contributed by atoms with Crippen LogP contribution in [0.15, 0.2) is 24.3 Å². The van der Waals surface area contributed by atoms with Gasteiger partial charge in [0.15, 0.2) is 5.60 Å². The number of benzene rings is 1. The summed E-state index contributed by atoms with van der Waals surface area (Å²) in [6.07, 6.45) is -5.51. The van der Waals surface area contributed by atoms with Crippen LogP contribution in [0.2, 0.25) is 0 Å². The van der Waals surface area contributed by atoms with Gasteiger partial charge in [-0.05, 0) is 24.2 Å². The smallest absolute Gasteiger partial charge is 0.376 e. The maximum Gasteiger partial charge on any atom is 0.421 e. The van der Waals surface area contributed by atoms with Crippen LogP contribution in [0.1, 0.15) is 12.0 Å². The minimum Gasteiger partial charge on any atom is -0.376 e. The lowest BCUT2D eigenvalue weighted by Gasteiger charge is -2.30. The molecule has 0 heterocycles. The van der Waals surface area contributed by atoms with E-state index in [-0.39, 0.29) is 6.54 Å². The van der Waals surface area contributed by atoms with E-state index in [9.17, 15) is 22.7 Å². The Hall–Kier alpha value is -1.14. The Morgan fingerprint density at radius 1 is 1.12 bits per heavy atom. The Balaban J connectivity index is 3.16. The predicted molar refractivity (Wildman–Crippen MR) is 50.0 cm³/mol. The minimum atomic E-state index is -4.84. The molecule has 0 amide bonds. The van der Waals surface area contributed by atoms with Crippen LogP contribution in [0.5, 0.6) is 0 Å². The number of hydrogen-bond donors (Lipinski definition) is 2. The van der Waals surface area contributed by atoms with Crippen LogP contribution in [0, 0.1) is 5.82 Å². The SMILES string of the molecule is NCCC(O)(c1ccc(F)cc1)C(F)(F)F. The highest BCUT2D eigenvalue weighted by Crippen LogP contribution is 2.41. The summed E-state index contributed by atoms with van der Waals surface area (Å²) >= 11 is 0. The quantitative estimate of drug-likeness (QED) is 0.789. The van der Waals surface area contributed by atoms with Gasteiger partial charge in [-0.2, -0.15) is 13.2 Å². The van der Waals surface area contributed by atoms with Crippen LogP contribution in [-0.2, 0) is 5.60 Å². The Kier molecular flexibility index (Phi) is 3.54. The summed E-state index contributed by atoms with van der Waals surface area (Å²) in [5.74, 6) is -0.666. The molecular weight excluding hydrogens is 226 g/mol. The lowest BCUT2D eigenvalue weighted by atomic mass is 9.90. The van der Waals surface area contributed by atoms with E-state index in [1.54, 1.807) is 0 Å². The van der Waals surface area contributed by atoms with Gasteiger partial charge in [-0.1, -0.05) is 12.1 Å². The highest BCUT2D eigenvalue weighted by atomic mass is 19.4. The second-order valence-electron chi connectivity index (χ2n) is 3.40. The Bertz CT molecular complexity index is 349. The molecule has 3 N–H and O–H groups in total. The average Bonchev–Trinajstić information content (AvgIpc) is 2.17. The fraction of sp³-hybridized carbons (Fsp3) is 0.400. The van der Waals surface area contributed by atoms with Crippen molar-refractivity contribution in [1.29, 1.82) is 0 Å². The zero-order valence-corrected chi connectivity index (χ0v) is 8.26. The van der Waals surface area contributed by atoms with Gasteiger partial charge in [0.1, 0.15) is 5.82 Å². The third-order valence-electron chi connectivity index (χ3n) is 2.30. The van der Waals surface area contributed by atoms with Crippen molar-refractivity contribution in [2.24, 2.45) is 5.73 Å². The van der Waals surface area contributed by atoms with Gasteiger partial charge in [0.05, 0.1) is 0 Å². The molecule has 6 heteroatoms. The first-order valence-electron chi connectivity index (χ1n) is 4.56. The third kappa shape index (κ3) is 2.33. The van der Waals surface area contributed by atoms with Crippen LogP contribution in [0.4, 0.5) is 17.6 Å². The van der Waals surface area contributed by atoms with Crippen LogP contribution in [0.25, 0.3) is 0 Å². The summed E-state index contributed by atoms with van der Waals surface area (Å²) in [4.78, 5) is 0. The number of hydrogen-bond acceptors (Lipinski definition) is 2. The summed E-state index contributed by atoms with van der Waals surface area (Å²) in [6, 6.07) is 3.53. The maximum atomic E-state index is 12.7. The monoisotopic (exact) mass is 237 g/mol. The van der Waals surface area contributed by atoms with E-state index in [0.29, 0.717) is 0 Å². The number of halogens is 4. The normalized spacial score (nSPS) is 15.9. The second-order valence-corrected chi connectivity index (χ2v) is 3.40. The maximum absolute atomic E-state index is 12.7. The first-order chi connectivity index (χ1) is 7.31. The molecule has 0 bridgehead atoms. The summed E-state index contributed by atoms with van der Waals surface area (Å²) in [7, 11) is 0. The third-order valence-corrected chi connectivity index (χ3v) is 2.30. The van der Waals surface area contributed by atoms with Crippen molar-refractivity contribution in [2.75, 3.05) is 6.54 Å². The zero-order chi connectivity index (χ0) is 12.4. The molecule has 1 rings (SSSR count). The van der Waals surface area contributed by atoms with Gasteiger partial charge in [-0.15, -0.1) is 0 Å². The Morgan fingerprint density at radius 2 is 1.62 bits per heavy atom. The van der Waals surface area contributed by atoms with Crippen LogP contribution >= 0.6 is 0 Å². The molecular formula is C10H11F4NO. The van der Waals surface area contributed by atoms with Crippen molar-refractivity contribution in [1.82, 2.24) is 0 Å². The lowest BCUT2D eigenvalue weighted by molar-refractivity contribution is -0.268. The number of aliphatic hydroxyl groups is 1. The summed E-state index contributed by atoms with van der Waals surface area (Å²) in [6.45, 7) is -0.326. The Labute approximate surface area is 89.7 Å². The number of nitrogens with two attached hydrogens (primary N) is 1. The average molecular weight is 237 g/mol. The molecule has 2 nitrogen and oxygen atoms in total. The summed E-state index contributed by atoms with van der Waals surface area (Å²) in [5, 5.41) is 9.58. The van der Waals surface area contributed by atoms with Gasteiger partial charge in [0, 0.05) is 6.42 Å². The number of alkyl halides is 3. The first-order valence-corrected chi connectivity index (χ1v) is 4.56. The summed E-state index contributed by atoms with van der Waals surface area (Å²) < 4.78 is 50.6. The molecule has 0 aliphatic carbocycles. The molecule has 0 aliphatic heterocycles. The van der Waals surface area contributed by atoms with Crippen molar-refractivity contribution in [3.05, 3.63) is 35.6 Å². The van der Waals surface area contributed by atoms with E-state index >= 15 is 0 Å². The van der Waals surface area contributed by atoms with Gasteiger partial charge in [0.25, 0.3) is 0 Å².